The van der Waals surface area contributed by atoms with Gasteiger partial charge in [0.1, 0.15) is 12.6 Å². The molecule has 7 aliphatic rings. The van der Waals surface area contributed by atoms with Crippen LogP contribution in [0.4, 0.5) is 0 Å². The average Bonchev–Trinajstić information content (AvgIpc) is 3.81. The summed E-state index contributed by atoms with van der Waals surface area (Å²) in [5, 5.41) is 36.9. The molecule has 354 valence electrons. The third kappa shape index (κ3) is 8.76. The summed E-state index contributed by atoms with van der Waals surface area (Å²) in [5.41, 5.74) is 0.741. The highest BCUT2D eigenvalue weighted by Gasteiger charge is 2.66. The lowest BCUT2D eigenvalue weighted by molar-refractivity contribution is -0.207. The molecule has 6 saturated carbocycles. The number of rotatable bonds is 14. The summed E-state index contributed by atoms with van der Waals surface area (Å²) in [6, 6.07) is 18.5. The van der Waals surface area contributed by atoms with E-state index in [1.807, 2.05) is 60.7 Å². The van der Waals surface area contributed by atoms with Crippen molar-refractivity contribution in [3.63, 3.8) is 0 Å². The number of carbonyl (C=O) groups is 3. The number of aliphatic hydroxyl groups excluding tert-OH is 3. The van der Waals surface area contributed by atoms with E-state index in [1.165, 1.54) is 25.7 Å². The van der Waals surface area contributed by atoms with Crippen LogP contribution in [0.2, 0.25) is 0 Å². The second-order valence-corrected chi connectivity index (χ2v) is 22.2. The SMILES string of the molecule is C[C@H](CCC(=O)NCC(=O)OCOC(C(=O)OC1CC2CCC(C1)C2C1=CCCCC1)(c1ccccc1)c1ccccc1)[C@H]1CC[C@H]2[C@@H]3[C@H](O)C[C@@H]4C[C@H](O)CC[C@]4(C)[C@H]3C[C@H](O)[C@]12C. The molecule has 0 heterocycles. The molecule has 0 spiro atoms. The molecule has 2 aromatic carbocycles. The van der Waals surface area contributed by atoms with Crippen molar-refractivity contribution in [2.24, 2.45) is 64.1 Å². The van der Waals surface area contributed by atoms with Crippen molar-refractivity contribution in [3.8, 4) is 0 Å². The van der Waals surface area contributed by atoms with Gasteiger partial charge in [-0.3, -0.25) is 9.59 Å². The predicted molar refractivity (Wildman–Crippen MR) is 246 cm³/mol. The third-order valence-corrected chi connectivity index (χ3v) is 19.0. The number of ether oxygens (including phenoxy) is 3. The van der Waals surface area contributed by atoms with E-state index in [2.05, 4.69) is 32.2 Å². The molecular weight excluding hydrogens is 819 g/mol. The summed E-state index contributed by atoms with van der Waals surface area (Å²) in [7, 11) is 0. The maximum absolute atomic E-state index is 14.7. The van der Waals surface area contributed by atoms with Crippen molar-refractivity contribution in [2.75, 3.05) is 13.3 Å². The van der Waals surface area contributed by atoms with Gasteiger partial charge in [0.25, 0.3) is 0 Å². The van der Waals surface area contributed by atoms with E-state index in [1.54, 1.807) is 5.57 Å². The Morgan fingerprint density at radius 2 is 1.52 bits per heavy atom. The standard InChI is InChI=1S/C55H75NO9/c1-34(43-22-23-44-51-45(31-47(59)54(43,44)3)53(2)26-25-41(57)29-40(53)30-46(51)58)19-24-48(60)56-32-49(61)63-33-64-55(38-15-9-5-10-16-38,39-17-11-6-12-18-39)52(62)65-42-27-36-20-21-37(28-42)50(36)35-13-7-4-8-14-35/h5-6,9-13,15-18,34,36-37,40-47,50-51,57-59H,4,7-8,14,19-33H2,1-3H3,(H,56,60)/t34-,36?,37?,40+,41-,42?,43-,44+,45+,46-,47+,50?,51+,53+,54-/m1/s1. The average molecular weight is 894 g/mol. The van der Waals surface area contributed by atoms with E-state index in [4.69, 9.17) is 14.2 Å². The first kappa shape index (κ1) is 46.5. The molecule has 7 aliphatic carbocycles. The molecule has 0 radical (unpaired) electrons. The smallest absolute Gasteiger partial charge is 0.348 e. The predicted octanol–water partition coefficient (Wildman–Crippen LogP) is 8.79. The number of hydrogen-bond acceptors (Lipinski definition) is 9. The van der Waals surface area contributed by atoms with Crippen molar-refractivity contribution in [3.05, 3.63) is 83.4 Å². The second kappa shape index (κ2) is 19.2. The lowest BCUT2D eigenvalue weighted by Gasteiger charge is -2.63. The molecule has 0 aliphatic heterocycles. The first-order valence-electron chi connectivity index (χ1n) is 25.4. The molecule has 2 unspecified atom stereocenters. The van der Waals surface area contributed by atoms with Crippen molar-refractivity contribution in [1.82, 2.24) is 5.32 Å². The van der Waals surface area contributed by atoms with Crippen LogP contribution in [0.5, 0.6) is 0 Å². The van der Waals surface area contributed by atoms with Crippen LogP contribution in [-0.4, -0.2) is 70.9 Å². The van der Waals surface area contributed by atoms with Gasteiger partial charge < -0.3 is 34.8 Å². The van der Waals surface area contributed by atoms with Gasteiger partial charge in [0.2, 0.25) is 11.5 Å². The molecule has 0 aromatic heterocycles. The van der Waals surface area contributed by atoms with E-state index >= 15 is 0 Å². The van der Waals surface area contributed by atoms with Gasteiger partial charge in [-0.15, -0.1) is 0 Å². The highest BCUT2D eigenvalue weighted by atomic mass is 16.7. The molecule has 1 amide bonds. The highest BCUT2D eigenvalue weighted by Crippen LogP contribution is 2.68. The normalized spacial score (nSPS) is 38.0. The Morgan fingerprint density at radius 1 is 0.831 bits per heavy atom. The Balaban J connectivity index is 0.796. The molecule has 4 N–H and O–H groups in total. The van der Waals surface area contributed by atoms with Gasteiger partial charge in [0.05, 0.1) is 18.3 Å². The van der Waals surface area contributed by atoms with Crippen LogP contribution >= 0.6 is 0 Å². The summed E-state index contributed by atoms with van der Waals surface area (Å²) in [6.45, 7) is 5.88. The molecular formula is C55H75NO9. The Kier molecular flexibility index (Phi) is 13.7. The van der Waals surface area contributed by atoms with Gasteiger partial charge in [-0.1, -0.05) is 93.1 Å². The third-order valence-electron chi connectivity index (χ3n) is 19.0. The van der Waals surface area contributed by atoms with Crippen LogP contribution in [0, 0.1) is 64.1 Å². The largest absolute Gasteiger partial charge is 0.460 e. The summed E-state index contributed by atoms with van der Waals surface area (Å²) >= 11 is 0. The lowest BCUT2D eigenvalue weighted by Crippen LogP contribution is -2.62. The maximum Gasteiger partial charge on any atom is 0.348 e. The highest BCUT2D eigenvalue weighted by molar-refractivity contribution is 5.86. The molecule has 65 heavy (non-hydrogen) atoms. The Hall–Kier alpha value is -3.57. The Labute approximate surface area is 386 Å². The fourth-order valence-electron chi connectivity index (χ4n) is 15.7. The number of allylic oxidation sites excluding steroid dienone is 2. The van der Waals surface area contributed by atoms with Gasteiger partial charge in [-0.05, 0) is 178 Å². The van der Waals surface area contributed by atoms with Crippen LogP contribution in [0.1, 0.15) is 141 Å². The van der Waals surface area contributed by atoms with E-state index in [9.17, 15) is 29.7 Å². The summed E-state index contributed by atoms with van der Waals surface area (Å²) < 4.78 is 18.5. The van der Waals surface area contributed by atoms with E-state index in [-0.39, 0.29) is 77.4 Å². The molecule has 10 heteroatoms. The van der Waals surface area contributed by atoms with Crippen LogP contribution in [0.3, 0.4) is 0 Å². The van der Waals surface area contributed by atoms with Crippen molar-refractivity contribution in [1.29, 1.82) is 0 Å². The fourth-order valence-corrected chi connectivity index (χ4v) is 15.7. The molecule has 10 nitrogen and oxygen atoms in total. The number of nitrogens with one attached hydrogen (secondary N) is 1. The minimum absolute atomic E-state index is 0.0183. The van der Waals surface area contributed by atoms with Crippen LogP contribution in [0.15, 0.2) is 72.3 Å². The molecule has 6 fully saturated rings. The molecule has 2 bridgehead atoms. The number of amides is 1. The van der Waals surface area contributed by atoms with Gasteiger partial charge >= 0.3 is 11.9 Å². The fraction of sp³-hybridized carbons (Fsp3) is 0.691. The van der Waals surface area contributed by atoms with Crippen LogP contribution < -0.4 is 5.32 Å². The van der Waals surface area contributed by atoms with Gasteiger partial charge in [-0.25, -0.2) is 4.79 Å². The summed E-state index contributed by atoms with van der Waals surface area (Å²) in [6.07, 6.45) is 16.5. The first-order chi connectivity index (χ1) is 31.3. The maximum atomic E-state index is 14.7. The van der Waals surface area contributed by atoms with E-state index < -0.39 is 36.5 Å². The van der Waals surface area contributed by atoms with E-state index in [0.29, 0.717) is 41.7 Å². The number of benzene rings is 2. The number of aliphatic hydroxyl groups is 3. The summed E-state index contributed by atoms with van der Waals surface area (Å²) in [5.74, 6) is 1.36. The zero-order chi connectivity index (χ0) is 45.5. The summed E-state index contributed by atoms with van der Waals surface area (Å²) in [4.78, 5) is 41.2. The first-order valence-corrected chi connectivity index (χ1v) is 25.4. The van der Waals surface area contributed by atoms with Gasteiger partial charge in [0, 0.05) is 6.42 Å². The Bertz CT molecular complexity index is 1970. The van der Waals surface area contributed by atoms with Crippen LogP contribution in [0.25, 0.3) is 0 Å². The second-order valence-electron chi connectivity index (χ2n) is 22.2. The molecule has 2 aromatic rings. The Morgan fingerprint density at radius 3 is 2.18 bits per heavy atom. The molecule has 9 rings (SSSR count). The van der Waals surface area contributed by atoms with Crippen LogP contribution in [-0.2, 0) is 34.2 Å². The number of esters is 2. The number of fused-ring (bicyclic) bond motifs is 7. The quantitative estimate of drug-likeness (QED) is 0.0829. The minimum atomic E-state index is -1.69. The minimum Gasteiger partial charge on any atom is -0.460 e. The van der Waals surface area contributed by atoms with Gasteiger partial charge in [-0.2, -0.15) is 0 Å². The van der Waals surface area contributed by atoms with Crippen molar-refractivity contribution >= 4 is 17.8 Å². The number of carbonyl (C=O) groups excluding carboxylic acids is 3. The van der Waals surface area contributed by atoms with Gasteiger partial charge in [0.15, 0.2) is 6.79 Å². The van der Waals surface area contributed by atoms with E-state index in [0.717, 1.165) is 64.2 Å². The van der Waals surface area contributed by atoms with Crippen molar-refractivity contribution < 1.29 is 43.9 Å². The molecule has 0 saturated heterocycles. The van der Waals surface area contributed by atoms with Crippen molar-refractivity contribution in [2.45, 2.75) is 160 Å². The zero-order valence-electron chi connectivity index (χ0n) is 39.1. The lowest BCUT2D eigenvalue weighted by atomic mass is 9.43. The molecule has 13 atom stereocenters. The topological polar surface area (TPSA) is 152 Å². The monoisotopic (exact) mass is 894 g/mol. The zero-order valence-corrected chi connectivity index (χ0v) is 39.1. The number of hydrogen-bond donors (Lipinski definition) is 4.